The van der Waals surface area contributed by atoms with Crippen LogP contribution in [0.15, 0.2) is 65.8 Å². The number of nitrogens with one attached hydrogen (secondary N) is 2. The molecular weight excluding hydrogens is 402 g/mol. The summed E-state index contributed by atoms with van der Waals surface area (Å²) >= 11 is 1.30. The van der Waals surface area contributed by atoms with Crippen molar-refractivity contribution in [2.45, 2.75) is 11.9 Å². The molecule has 150 valence electrons. The number of benzene rings is 1. The lowest BCUT2D eigenvalue weighted by molar-refractivity contribution is -0.114. The van der Waals surface area contributed by atoms with Crippen molar-refractivity contribution in [2.75, 3.05) is 16.4 Å². The van der Waals surface area contributed by atoms with E-state index in [1.807, 2.05) is 18.2 Å². The molecule has 0 fully saturated rings. The van der Waals surface area contributed by atoms with Gasteiger partial charge in [0.05, 0.1) is 5.75 Å². The number of amides is 2. The third-order valence-electron chi connectivity index (χ3n) is 3.95. The monoisotopic (exact) mass is 419 g/mol. The van der Waals surface area contributed by atoms with Crippen LogP contribution in [0.2, 0.25) is 0 Å². The molecule has 0 aliphatic carbocycles. The summed E-state index contributed by atoms with van der Waals surface area (Å²) in [5.74, 6) is 0.349. The normalized spacial score (nSPS) is 10.7. The maximum Gasteiger partial charge on any atom is 0.234 e. The first-order valence-corrected chi connectivity index (χ1v) is 10.0. The van der Waals surface area contributed by atoms with E-state index in [-0.39, 0.29) is 17.6 Å². The standard InChI is InChI=1S/C20H17N7O2S/c1-13(28)22-14-5-4-6-15(11-14)23-18(29)12-30-19-9-8-17-24-25-20(27(17)26-19)16-7-2-3-10-21-16/h2-11H,12H2,1H3,(H,22,28)(H,23,29). The Morgan fingerprint density at radius 2 is 1.83 bits per heavy atom. The predicted molar refractivity (Wildman–Crippen MR) is 114 cm³/mol. The summed E-state index contributed by atoms with van der Waals surface area (Å²) in [5, 5.41) is 18.9. The second-order valence-electron chi connectivity index (χ2n) is 6.28. The summed E-state index contributed by atoms with van der Waals surface area (Å²) < 4.78 is 1.61. The van der Waals surface area contributed by atoms with Crippen LogP contribution in [-0.2, 0) is 9.59 Å². The van der Waals surface area contributed by atoms with Crippen molar-refractivity contribution in [1.82, 2.24) is 24.8 Å². The lowest BCUT2D eigenvalue weighted by Gasteiger charge is -2.08. The number of thioether (sulfide) groups is 1. The zero-order chi connectivity index (χ0) is 20.9. The Labute approximate surface area is 175 Å². The van der Waals surface area contributed by atoms with Crippen LogP contribution in [0.25, 0.3) is 17.2 Å². The smallest absolute Gasteiger partial charge is 0.234 e. The van der Waals surface area contributed by atoms with Crippen molar-refractivity contribution < 1.29 is 9.59 Å². The fraction of sp³-hybridized carbons (Fsp3) is 0.100. The molecule has 0 aliphatic rings. The van der Waals surface area contributed by atoms with Gasteiger partial charge < -0.3 is 10.6 Å². The largest absolute Gasteiger partial charge is 0.326 e. The molecule has 0 saturated carbocycles. The highest BCUT2D eigenvalue weighted by atomic mass is 32.2. The highest BCUT2D eigenvalue weighted by molar-refractivity contribution is 7.99. The molecule has 3 aromatic heterocycles. The summed E-state index contributed by atoms with van der Waals surface area (Å²) in [5.41, 5.74) is 2.48. The molecule has 0 saturated heterocycles. The van der Waals surface area contributed by atoms with Gasteiger partial charge in [-0.3, -0.25) is 14.6 Å². The molecule has 3 heterocycles. The summed E-state index contributed by atoms with van der Waals surface area (Å²) in [6.07, 6.45) is 1.68. The summed E-state index contributed by atoms with van der Waals surface area (Å²) in [7, 11) is 0. The highest BCUT2D eigenvalue weighted by Crippen LogP contribution is 2.20. The van der Waals surface area contributed by atoms with Gasteiger partial charge in [-0.2, -0.15) is 9.61 Å². The van der Waals surface area contributed by atoms with Crippen LogP contribution in [0.1, 0.15) is 6.92 Å². The minimum Gasteiger partial charge on any atom is -0.326 e. The Morgan fingerprint density at radius 1 is 1.00 bits per heavy atom. The van der Waals surface area contributed by atoms with Crippen molar-refractivity contribution >= 4 is 40.6 Å². The average molecular weight is 419 g/mol. The maximum atomic E-state index is 12.3. The lowest BCUT2D eigenvalue weighted by atomic mass is 10.2. The van der Waals surface area contributed by atoms with E-state index in [1.165, 1.54) is 18.7 Å². The Balaban J connectivity index is 1.43. The fourth-order valence-electron chi connectivity index (χ4n) is 2.72. The van der Waals surface area contributed by atoms with Gasteiger partial charge in [-0.15, -0.1) is 10.2 Å². The molecule has 10 heteroatoms. The fourth-order valence-corrected chi connectivity index (χ4v) is 3.37. The molecule has 2 N–H and O–H groups in total. The maximum absolute atomic E-state index is 12.3. The van der Waals surface area contributed by atoms with Gasteiger partial charge >= 0.3 is 0 Å². The van der Waals surface area contributed by atoms with Crippen molar-refractivity contribution in [2.24, 2.45) is 0 Å². The number of nitrogens with zero attached hydrogens (tertiary/aromatic N) is 5. The molecular formula is C20H17N7O2S. The van der Waals surface area contributed by atoms with E-state index in [0.29, 0.717) is 33.6 Å². The molecule has 9 nitrogen and oxygen atoms in total. The number of aromatic nitrogens is 5. The second kappa shape index (κ2) is 8.70. The molecule has 0 bridgehead atoms. The zero-order valence-electron chi connectivity index (χ0n) is 15.9. The topological polar surface area (TPSA) is 114 Å². The zero-order valence-corrected chi connectivity index (χ0v) is 16.8. The van der Waals surface area contributed by atoms with Gasteiger partial charge in [-0.25, -0.2) is 0 Å². The van der Waals surface area contributed by atoms with Crippen LogP contribution in [0.3, 0.4) is 0 Å². The first kappa shape index (κ1) is 19.5. The molecule has 0 radical (unpaired) electrons. The summed E-state index contributed by atoms with van der Waals surface area (Å²) in [6.45, 7) is 1.43. The van der Waals surface area contributed by atoms with E-state index >= 15 is 0 Å². The average Bonchev–Trinajstić information content (AvgIpc) is 3.16. The van der Waals surface area contributed by atoms with Crippen molar-refractivity contribution in [1.29, 1.82) is 0 Å². The molecule has 0 unspecified atom stereocenters. The van der Waals surface area contributed by atoms with E-state index in [4.69, 9.17) is 0 Å². The number of carbonyl (C=O) groups is 2. The van der Waals surface area contributed by atoms with Gasteiger partial charge in [0, 0.05) is 24.5 Å². The Hall–Kier alpha value is -3.79. The van der Waals surface area contributed by atoms with E-state index in [9.17, 15) is 9.59 Å². The number of fused-ring (bicyclic) bond motifs is 1. The lowest BCUT2D eigenvalue weighted by Crippen LogP contribution is -2.14. The minimum atomic E-state index is -0.185. The van der Waals surface area contributed by atoms with Crippen molar-refractivity contribution in [3.63, 3.8) is 0 Å². The molecule has 0 atom stereocenters. The van der Waals surface area contributed by atoms with Crippen LogP contribution >= 0.6 is 11.8 Å². The van der Waals surface area contributed by atoms with E-state index in [1.54, 1.807) is 47.1 Å². The second-order valence-corrected chi connectivity index (χ2v) is 7.27. The highest BCUT2D eigenvalue weighted by Gasteiger charge is 2.12. The van der Waals surface area contributed by atoms with Gasteiger partial charge in [0.15, 0.2) is 5.65 Å². The van der Waals surface area contributed by atoms with Gasteiger partial charge in [0.1, 0.15) is 10.7 Å². The van der Waals surface area contributed by atoms with Gasteiger partial charge in [0.2, 0.25) is 17.6 Å². The molecule has 2 amide bonds. The minimum absolute atomic E-state index is 0.171. The van der Waals surface area contributed by atoms with Crippen molar-refractivity contribution in [3.8, 4) is 11.5 Å². The molecule has 1 aromatic carbocycles. The Morgan fingerprint density at radius 3 is 2.60 bits per heavy atom. The van der Waals surface area contributed by atoms with Gasteiger partial charge in [-0.05, 0) is 42.5 Å². The third-order valence-corrected chi connectivity index (χ3v) is 4.87. The van der Waals surface area contributed by atoms with Crippen LogP contribution in [0.4, 0.5) is 11.4 Å². The quantitative estimate of drug-likeness (QED) is 0.462. The number of pyridine rings is 1. The number of hydrogen-bond donors (Lipinski definition) is 2. The van der Waals surface area contributed by atoms with Gasteiger partial charge in [-0.1, -0.05) is 23.9 Å². The van der Waals surface area contributed by atoms with Crippen LogP contribution < -0.4 is 10.6 Å². The van der Waals surface area contributed by atoms with Crippen molar-refractivity contribution in [3.05, 3.63) is 60.8 Å². The molecule has 30 heavy (non-hydrogen) atoms. The SMILES string of the molecule is CC(=O)Nc1cccc(NC(=O)CSc2ccc3nnc(-c4ccccn4)n3n2)c1. The first-order valence-electron chi connectivity index (χ1n) is 9.03. The number of carbonyl (C=O) groups excluding carboxylic acids is 2. The van der Waals surface area contributed by atoms with E-state index in [0.717, 1.165) is 0 Å². The van der Waals surface area contributed by atoms with Crippen LogP contribution in [0.5, 0.6) is 0 Å². The van der Waals surface area contributed by atoms with Crippen LogP contribution in [-0.4, -0.2) is 42.4 Å². The van der Waals surface area contributed by atoms with Crippen LogP contribution in [0, 0.1) is 0 Å². The Kier molecular flexibility index (Phi) is 5.66. The third kappa shape index (κ3) is 4.61. The summed E-state index contributed by atoms with van der Waals surface area (Å²) in [4.78, 5) is 27.8. The number of rotatable bonds is 6. The first-order chi connectivity index (χ1) is 14.6. The van der Waals surface area contributed by atoms with E-state index < -0.39 is 0 Å². The predicted octanol–water partition coefficient (Wildman–Crippen LogP) is 2.88. The molecule has 4 aromatic rings. The molecule has 0 spiro atoms. The molecule has 0 aliphatic heterocycles. The number of hydrogen-bond acceptors (Lipinski definition) is 7. The summed E-state index contributed by atoms with van der Waals surface area (Å²) in [6, 6.07) is 16.1. The molecule has 4 rings (SSSR count). The Bertz CT molecular complexity index is 1210. The van der Waals surface area contributed by atoms with E-state index in [2.05, 4.69) is 30.9 Å². The van der Waals surface area contributed by atoms with Gasteiger partial charge in [0.25, 0.3) is 0 Å². The number of anilines is 2.